The third kappa shape index (κ3) is 3.62. The fraction of sp³-hybridized carbons (Fsp3) is 0.381. The highest BCUT2D eigenvalue weighted by Crippen LogP contribution is 2.33. The Bertz CT molecular complexity index is 796. The molecule has 1 fully saturated rings. The van der Waals surface area contributed by atoms with Crippen molar-refractivity contribution in [3.63, 3.8) is 0 Å². The van der Waals surface area contributed by atoms with Crippen molar-refractivity contribution in [3.8, 4) is 11.5 Å². The van der Waals surface area contributed by atoms with Gasteiger partial charge in [0.05, 0.1) is 19.9 Å². The van der Waals surface area contributed by atoms with Crippen molar-refractivity contribution in [1.82, 2.24) is 4.90 Å². The van der Waals surface area contributed by atoms with Gasteiger partial charge in [0.1, 0.15) is 11.5 Å². The third-order valence-corrected chi connectivity index (χ3v) is 5.05. The summed E-state index contributed by atoms with van der Waals surface area (Å²) in [5, 5.41) is 0. The number of methoxy groups -OCH3 is 2. The molecule has 1 heterocycles. The monoisotopic (exact) mass is 354 g/mol. The molecule has 5 nitrogen and oxygen atoms in total. The number of aryl methyl sites for hydroxylation is 2. The number of hydrogen-bond acceptors (Lipinski definition) is 4. The molecular formula is C21H26N2O3. The van der Waals surface area contributed by atoms with Crippen molar-refractivity contribution in [2.45, 2.75) is 13.8 Å². The highest BCUT2D eigenvalue weighted by atomic mass is 16.5. The molecule has 2 aromatic carbocycles. The summed E-state index contributed by atoms with van der Waals surface area (Å²) >= 11 is 0. The maximum atomic E-state index is 12.8. The van der Waals surface area contributed by atoms with Gasteiger partial charge in [-0.3, -0.25) is 4.79 Å². The molecule has 1 aliphatic heterocycles. The average molecular weight is 354 g/mol. The number of anilines is 1. The summed E-state index contributed by atoms with van der Waals surface area (Å²) in [6, 6.07) is 11.7. The maximum Gasteiger partial charge on any atom is 0.253 e. The van der Waals surface area contributed by atoms with Crippen LogP contribution in [0.5, 0.6) is 11.5 Å². The molecule has 0 atom stereocenters. The van der Waals surface area contributed by atoms with Gasteiger partial charge in [-0.1, -0.05) is 6.07 Å². The standard InChI is InChI=1S/C21H26N2O3/c1-15-5-6-17(13-16(15)2)21(24)23-11-9-22(10-12-23)19-14-18(25-3)7-8-20(19)26-4/h5-8,13-14H,9-12H2,1-4H3. The van der Waals surface area contributed by atoms with Crippen LogP contribution >= 0.6 is 0 Å². The van der Waals surface area contributed by atoms with Crippen LogP contribution in [0.3, 0.4) is 0 Å². The summed E-state index contributed by atoms with van der Waals surface area (Å²) in [7, 11) is 3.33. The smallest absolute Gasteiger partial charge is 0.253 e. The molecule has 0 unspecified atom stereocenters. The zero-order chi connectivity index (χ0) is 18.7. The molecule has 138 valence electrons. The van der Waals surface area contributed by atoms with Gasteiger partial charge in [-0.2, -0.15) is 0 Å². The van der Waals surface area contributed by atoms with E-state index < -0.39 is 0 Å². The van der Waals surface area contributed by atoms with E-state index in [1.807, 2.05) is 48.2 Å². The quantitative estimate of drug-likeness (QED) is 0.845. The topological polar surface area (TPSA) is 42.0 Å². The lowest BCUT2D eigenvalue weighted by Gasteiger charge is -2.36. The van der Waals surface area contributed by atoms with E-state index in [1.165, 1.54) is 5.56 Å². The van der Waals surface area contributed by atoms with Crippen LogP contribution in [0, 0.1) is 13.8 Å². The number of rotatable bonds is 4. The molecule has 0 saturated carbocycles. The van der Waals surface area contributed by atoms with Gasteiger partial charge in [0.25, 0.3) is 5.91 Å². The highest BCUT2D eigenvalue weighted by molar-refractivity contribution is 5.94. The van der Waals surface area contributed by atoms with Crippen LogP contribution in [0.25, 0.3) is 0 Å². The Morgan fingerprint density at radius 3 is 2.23 bits per heavy atom. The summed E-state index contributed by atoms with van der Waals surface area (Å²) in [5.74, 6) is 1.72. The van der Waals surface area contributed by atoms with E-state index >= 15 is 0 Å². The van der Waals surface area contributed by atoms with Gasteiger partial charge in [0.2, 0.25) is 0 Å². The number of amides is 1. The van der Waals surface area contributed by atoms with Crippen LogP contribution in [-0.2, 0) is 0 Å². The number of benzene rings is 2. The lowest BCUT2D eigenvalue weighted by Crippen LogP contribution is -2.48. The Hall–Kier alpha value is -2.69. The van der Waals surface area contributed by atoms with Gasteiger partial charge in [0.15, 0.2) is 0 Å². The van der Waals surface area contributed by atoms with Crippen molar-refractivity contribution in [2.24, 2.45) is 0 Å². The largest absolute Gasteiger partial charge is 0.497 e. The zero-order valence-electron chi connectivity index (χ0n) is 15.9. The van der Waals surface area contributed by atoms with Crippen molar-refractivity contribution >= 4 is 11.6 Å². The number of hydrogen-bond donors (Lipinski definition) is 0. The first kappa shape index (κ1) is 18.1. The van der Waals surface area contributed by atoms with Crippen molar-refractivity contribution in [1.29, 1.82) is 0 Å². The number of piperazine rings is 1. The van der Waals surface area contributed by atoms with E-state index in [0.29, 0.717) is 13.1 Å². The predicted octanol–water partition coefficient (Wildman–Crippen LogP) is 3.28. The molecule has 0 aromatic heterocycles. The molecule has 1 aliphatic rings. The van der Waals surface area contributed by atoms with Crippen LogP contribution in [0.1, 0.15) is 21.5 Å². The minimum absolute atomic E-state index is 0.102. The van der Waals surface area contributed by atoms with Crippen LogP contribution in [-0.4, -0.2) is 51.2 Å². The van der Waals surface area contributed by atoms with Gasteiger partial charge < -0.3 is 19.3 Å². The first-order valence-electron chi connectivity index (χ1n) is 8.87. The Kier molecular flexibility index (Phi) is 5.35. The minimum Gasteiger partial charge on any atom is -0.497 e. The van der Waals surface area contributed by atoms with E-state index in [4.69, 9.17) is 9.47 Å². The summed E-state index contributed by atoms with van der Waals surface area (Å²) in [4.78, 5) is 17.0. The summed E-state index contributed by atoms with van der Waals surface area (Å²) in [6.07, 6.45) is 0. The van der Waals surface area contributed by atoms with E-state index in [-0.39, 0.29) is 5.91 Å². The van der Waals surface area contributed by atoms with Crippen LogP contribution in [0.4, 0.5) is 5.69 Å². The number of ether oxygens (including phenoxy) is 2. The summed E-state index contributed by atoms with van der Waals surface area (Å²) < 4.78 is 10.8. The van der Waals surface area contributed by atoms with Gasteiger partial charge >= 0.3 is 0 Å². The second kappa shape index (κ2) is 7.68. The molecule has 26 heavy (non-hydrogen) atoms. The van der Waals surface area contributed by atoms with Crippen LogP contribution in [0.2, 0.25) is 0 Å². The first-order valence-corrected chi connectivity index (χ1v) is 8.87. The van der Waals surface area contributed by atoms with E-state index in [9.17, 15) is 4.79 Å². The summed E-state index contributed by atoms with van der Waals surface area (Å²) in [6.45, 7) is 7.00. The molecule has 5 heteroatoms. The highest BCUT2D eigenvalue weighted by Gasteiger charge is 2.24. The lowest BCUT2D eigenvalue weighted by molar-refractivity contribution is 0.0746. The Labute approximate surface area is 155 Å². The Balaban J connectivity index is 1.71. The van der Waals surface area contributed by atoms with E-state index in [1.54, 1.807) is 14.2 Å². The fourth-order valence-corrected chi connectivity index (χ4v) is 3.25. The third-order valence-electron chi connectivity index (χ3n) is 5.05. The second-order valence-electron chi connectivity index (χ2n) is 6.62. The summed E-state index contributed by atoms with van der Waals surface area (Å²) in [5.41, 5.74) is 4.12. The molecule has 1 amide bonds. The minimum atomic E-state index is 0.102. The van der Waals surface area contributed by atoms with Crippen molar-refractivity contribution in [3.05, 3.63) is 53.1 Å². The van der Waals surface area contributed by atoms with Crippen molar-refractivity contribution < 1.29 is 14.3 Å². The molecule has 1 saturated heterocycles. The fourth-order valence-electron chi connectivity index (χ4n) is 3.25. The number of carbonyl (C=O) groups is 1. The molecule has 2 aromatic rings. The van der Waals surface area contributed by atoms with Gasteiger partial charge in [-0.05, 0) is 49.2 Å². The molecule has 0 spiro atoms. The molecular weight excluding hydrogens is 328 g/mol. The number of carbonyl (C=O) groups excluding carboxylic acids is 1. The van der Waals surface area contributed by atoms with Gasteiger partial charge in [-0.25, -0.2) is 0 Å². The maximum absolute atomic E-state index is 12.8. The zero-order valence-corrected chi connectivity index (χ0v) is 15.9. The molecule has 0 N–H and O–H groups in total. The average Bonchev–Trinajstić information content (AvgIpc) is 2.69. The molecule has 0 aliphatic carbocycles. The van der Waals surface area contributed by atoms with Crippen LogP contribution in [0.15, 0.2) is 36.4 Å². The molecule has 0 bridgehead atoms. The van der Waals surface area contributed by atoms with E-state index in [0.717, 1.165) is 41.4 Å². The first-order chi connectivity index (χ1) is 12.5. The normalized spacial score (nSPS) is 14.3. The van der Waals surface area contributed by atoms with Gasteiger partial charge in [0, 0.05) is 37.8 Å². The lowest BCUT2D eigenvalue weighted by atomic mass is 10.1. The Morgan fingerprint density at radius 2 is 1.62 bits per heavy atom. The predicted molar refractivity (Wildman–Crippen MR) is 104 cm³/mol. The SMILES string of the molecule is COc1ccc(OC)c(N2CCN(C(=O)c3ccc(C)c(C)c3)CC2)c1. The van der Waals surface area contributed by atoms with Crippen molar-refractivity contribution in [2.75, 3.05) is 45.3 Å². The Morgan fingerprint density at radius 1 is 0.885 bits per heavy atom. The van der Waals surface area contributed by atoms with Crippen LogP contribution < -0.4 is 14.4 Å². The van der Waals surface area contributed by atoms with Gasteiger partial charge in [-0.15, -0.1) is 0 Å². The number of nitrogens with zero attached hydrogens (tertiary/aromatic N) is 2. The van der Waals surface area contributed by atoms with E-state index in [2.05, 4.69) is 11.8 Å². The molecule has 3 rings (SSSR count). The molecule has 0 radical (unpaired) electrons. The second-order valence-corrected chi connectivity index (χ2v) is 6.62.